The van der Waals surface area contributed by atoms with E-state index >= 15 is 0 Å². The standard InChI is InChI=1S/C8H8N2/c1-7-2-4-8(5-3-7)6-10-9/h2-6H,1H3. The highest BCUT2D eigenvalue weighted by Crippen LogP contribution is 1.98. The first-order valence-corrected chi connectivity index (χ1v) is 3.07. The van der Waals surface area contributed by atoms with E-state index in [-0.39, 0.29) is 0 Å². The van der Waals surface area contributed by atoms with Crippen molar-refractivity contribution in [3.63, 3.8) is 0 Å². The van der Waals surface area contributed by atoms with Crippen LogP contribution in [0.15, 0.2) is 24.3 Å². The summed E-state index contributed by atoms with van der Waals surface area (Å²) in [6.45, 7) is 2.01. The van der Waals surface area contributed by atoms with Crippen LogP contribution in [0, 0.1) is 6.92 Å². The maximum absolute atomic E-state index is 8.16. The maximum Gasteiger partial charge on any atom is 0.287 e. The van der Waals surface area contributed by atoms with E-state index in [2.05, 4.69) is 4.79 Å². The summed E-state index contributed by atoms with van der Waals surface area (Å²) < 4.78 is 0. The molecule has 0 unspecified atom stereocenters. The first-order valence-electron chi connectivity index (χ1n) is 3.07. The zero-order valence-electron chi connectivity index (χ0n) is 5.78. The lowest BCUT2D eigenvalue weighted by atomic mass is 10.2. The van der Waals surface area contributed by atoms with Crippen molar-refractivity contribution in [3.8, 4) is 0 Å². The molecular formula is C8H8N2. The third kappa shape index (κ3) is 1.54. The van der Waals surface area contributed by atoms with Gasteiger partial charge < -0.3 is 5.53 Å². The Hall–Kier alpha value is -1.40. The molecule has 0 amide bonds. The molecule has 0 aliphatic rings. The quantitative estimate of drug-likeness (QED) is 0.316. The summed E-state index contributed by atoms with van der Waals surface area (Å²) in [4.78, 5) is 2.91. The van der Waals surface area contributed by atoms with E-state index in [0.29, 0.717) is 0 Å². The Balaban J connectivity index is 3.00. The van der Waals surface area contributed by atoms with Gasteiger partial charge in [-0.3, -0.25) is 0 Å². The van der Waals surface area contributed by atoms with E-state index in [4.69, 9.17) is 5.53 Å². The van der Waals surface area contributed by atoms with E-state index in [1.807, 2.05) is 31.2 Å². The highest BCUT2D eigenvalue weighted by molar-refractivity contribution is 5.74. The van der Waals surface area contributed by atoms with Gasteiger partial charge in [0.25, 0.3) is 6.21 Å². The number of aryl methyl sites for hydroxylation is 1. The van der Waals surface area contributed by atoms with Crippen LogP contribution in [0.2, 0.25) is 0 Å². The third-order valence-electron chi connectivity index (χ3n) is 1.28. The topological polar surface area (TPSA) is 36.4 Å². The van der Waals surface area contributed by atoms with Gasteiger partial charge in [-0.05, 0) is 19.1 Å². The molecule has 0 saturated carbocycles. The van der Waals surface area contributed by atoms with Crippen molar-refractivity contribution >= 4 is 6.21 Å². The average Bonchev–Trinajstić information content (AvgIpc) is 1.95. The summed E-state index contributed by atoms with van der Waals surface area (Å²) in [7, 11) is 0. The van der Waals surface area contributed by atoms with Crippen LogP contribution in [0.25, 0.3) is 5.53 Å². The van der Waals surface area contributed by atoms with E-state index in [1.165, 1.54) is 11.8 Å². The molecule has 0 heterocycles. The fourth-order valence-electron chi connectivity index (χ4n) is 0.719. The minimum absolute atomic E-state index is 0.910. The van der Waals surface area contributed by atoms with Crippen LogP contribution in [-0.4, -0.2) is 11.0 Å². The van der Waals surface area contributed by atoms with E-state index in [1.54, 1.807) is 0 Å². The fraction of sp³-hybridized carbons (Fsp3) is 0.125. The summed E-state index contributed by atoms with van der Waals surface area (Å²) in [5.74, 6) is 0. The fourth-order valence-corrected chi connectivity index (χ4v) is 0.719. The van der Waals surface area contributed by atoms with Crippen molar-refractivity contribution in [2.45, 2.75) is 6.92 Å². The van der Waals surface area contributed by atoms with E-state index < -0.39 is 0 Å². The minimum atomic E-state index is 0.910. The van der Waals surface area contributed by atoms with Gasteiger partial charge in [-0.1, -0.05) is 17.7 Å². The van der Waals surface area contributed by atoms with Crippen LogP contribution >= 0.6 is 0 Å². The van der Waals surface area contributed by atoms with Crippen LogP contribution in [0.1, 0.15) is 11.1 Å². The second-order valence-electron chi connectivity index (χ2n) is 2.16. The Morgan fingerprint density at radius 3 is 2.40 bits per heavy atom. The van der Waals surface area contributed by atoms with Crippen molar-refractivity contribution in [2.75, 3.05) is 0 Å². The lowest BCUT2D eigenvalue weighted by molar-refractivity contribution is 0.00456. The van der Waals surface area contributed by atoms with Crippen LogP contribution in [-0.2, 0) is 0 Å². The van der Waals surface area contributed by atoms with Crippen molar-refractivity contribution in [1.29, 1.82) is 0 Å². The molecule has 0 atom stereocenters. The van der Waals surface area contributed by atoms with Gasteiger partial charge in [-0.25, -0.2) is 0 Å². The van der Waals surface area contributed by atoms with Gasteiger partial charge in [0.05, 0.1) is 5.56 Å². The number of hydrogen-bond donors (Lipinski definition) is 0. The monoisotopic (exact) mass is 132 g/mol. The molecule has 2 nitrogen and oxygen atoms in total. The molecule has 0 aliphatic carbocycles. The lowest BCUT2D eigenvalue weighted by Crippen LogP contribution is -1.80. The minimum Gasteiger partial charge on any atom is -0.361 e. The molecule has 0 radical (unpaired) electrons. The van der Waals surface area contributed by atoms with Gasteiger partial charge in [-0.2, -0.15) is 4.79 Å². The largest absolute Gasteiger partial charge is 0.361 e. The van der Waals surface area contributed by atoms with Crippen LogP contribution < -0.4 is 0 Å². The van der Waals surface area contributed by atoms with Gasteiger partial charge in [0, 0.05) is 0 Å². The van der Waals surface area contributed by atoms with E-state index in [9.17, 15) is 0 Å². The highest BCUT2D eigenvalue weighted by Gasteiger charge is 1.88. The third-order valence-corrected chi connectivity index (χ3v) is 1.28. The molecule has 2 heteroatoms. The molecule has 50 valence electrons. The predicted octanol–water partition coefficient (Wildman–Crippen LogP) is 1.64. The summed E-state index contributed by atoms with van der Waals surface area (Å²) in [6, 6.07) is 7.73. The Morgan fingerprint density at radius 1 is 1.30 bits per heavy atom. The Morgan fingerprint density at radius 2 is 1.90 bits per heavy atom. The second kappa shape index (κ2) is 2.95. The zero-order valence-corrected chi connectivity index (χ0v) is 5.78. The molecule has 1 rings (SSSR count). The molecule has 0 aromatic heterocycles. The Labute approximate surface area is 59.7 Å². The molecule has 10 heavy (non-hydrogen) atoms. The second-order valence-corrected chi connectivity index (χ2v) is 2.16. The number of hydrogen-bond acceptors (Lipinski definition) is 0. The first kappa shape index (κ1) is 6.72. The van der Waals surface area contributed by atoms with Crippen molar-refractivity contribution in [2.24, 2.45) is 0 Å². The number of nitrogens with zero attached hydrogens (tertiary/aromatic N) is 2. The molecular weight excluding hydrogens is 124 g/mol. The van der Waals surface area contributed by atoms with Crippen molar-refractivity contribution in [1.82, 2.24) is 0 Å². The van der Waals surface area contributed by atoms with Gasteiger partial charge >= 0.3 is 0 Å². The van der Waals surface area contributed by atoms with Gasteiger partial charge in [0.15, 0.2) is 0 Å². The normalized spacial score (nSPS) is 8.50. The molecule has 0 aliphatic heterocycles. The van der Waals surface area contributed by atoms with Gasteiger partial charge in [0.2, 0.25) is 0 Å². The molecule has 0 spiro atoms. The van der Waals surface area contributed by atoms with Gasteiger partial charge in [-0.15, -0.1) is 0 Å². The maximum atomic E-state index is 8.16. The molecule has 0 saturated heterocycles. The molecule has 1 aromatic rings. The molecule has 0 fully saturated rings. The summed E-state index contributed by atoms with van der Waals surface area (Å²) in [5, 5.41) is 0. The van der Waals surface area contributed by atoms with Crippen LogP contribution in [0.5, 0.6) is 0 Å². The van der Waals surface area contributed by atoms with E-state index in [0.717, 1.165) is 5.56 Å². The van der Waals surface area contributed by atoms with Crippen molar-refractivity contribution < 1.29 is 4.79 Å². The summed E-state index contributed by atoms with van der Waals surface area (Å²) in [6.07, 6.45) is 1.40. The number of benzene rings is 1. The zero-order chi connectivity index (χ0) is 7.40. The molecule has 0 N–H and O–H groups in total. The summed E-state index contributed by atoms with van der Waals surface area (Å²) >= 11 is 0. The summed E-state index contributed by atoms with van der Waals surface area (Å²) in [5.41, 5.74) is 10.3. The van der Waals surface area contributed by atoms with Crippen LogP contribution in [0.4, 0.5) is 0 Å². The lowest BCUT2D eigenvalue weighted by Gasteiger charge is -1.87. The first-order chi connectivity index (χ1) is 4.83. The Bertz CT molecular complexity index is 255. The smallest absolute Gasteiger partial charge is 0.287 e. The molecule has 1 aromatic carbocycles. The van der Waals surface area contributed by atoms with Gasteiger partial charge in [0.1, 0.15) is 0 Å². The number of rotatable bonds is 1. The average molecular weight is 132 g/mol. The Kier molecular flexibility index (Phi) is 1.98. The van der Waals surface area contributed by atoms with Crippen molar-refractivity contribution in [3.05, 3.63) is 40.9 Å². The SMILES string of the molecule is Cc1ccc(C=[N+]=[N-])cc1. The molecule has 0 bridgehead atoms. The van der Waals surface area contributed by atoms with Crippen LogP contribution in [0.3, 0.4) is 0 Å². The highest BCUT2D eigenvalue weighted by atomic mass is 14.8. The predicted molar refractivity (Wildman–Crippen MR) is 40.0 cm³/mol.